The van der Waals surface area contributed by atoms with E-state index in [0.717, 1.165) is 34.6 Å². The molecule has 10 heteroatoms. The van der Waals surface area contributed by atoms with Crippen LogP contribution in [0.5, 0.6) is 0 Å². The van der Waals surface area contributed by atoms with E-state index in [0.29, 0.717) is 24.9 Å². The lowest BCUT2D eigenvalue weighted by atomic mass is 9.90. The van der Waals surface area contributed by atoms with Gasteiger partial charge in [0.15, 0.2) is 0 Å². The molecule has 1 aliphatic heterocycles. The van der Waals surface area contributed by atoms with Crippen LogP contribution >= 0.6 is 15.9 Å². The number of anilines is 1. The number of aliphatic imine (C=N–C) groups is 1. The van der Waals surface area contributed by atoms with Gasteiger partial charge in [0.25, 0.3) is 5.91 Å². The average Bonchev–Trinajstić information content (AvgIpc) is 3.63. The first-order valence-corrected chi connectivity index (χ1v) is 12.0. The van der Waals surface area contributed by atoms with Gasteiger partial charge in [0.2, 0.25) is 0 Å². The number of halogens is 4. The van der Waals surface area contributed by atoms with Crippen LogP contribution in [0.3, 0.4) is 0 Å². The van der Waals surface area contributed by atoms with Gasteiger partial charge in [-0.2, -0.15) is 18.2 Å². The van der Waals surface area contributed by atoms with Crippen LogP contribution in [0.1, 0.15) is 61.0 Å². The number of pyridine rings is 1. The number of aliphatic hydroxyl groups is 1. The Morgan fingerprint density at radius 3 is 2.62 bits per heavy atom. The van der Waals surface area contributed by atoms with Gasteiger partial charge in [-0.1, -0.05) is 22.0 Å². The molecule has 1 aliphatic carbocycles. The van der Waals surface area contributed by atoms with Gasteiger partial charge in [0.1, 0.15) is 11.5 Å². The average molecular weight is 539 g/mol. The maximum atomic E-state index is 13.1. The molecule has 0 radical (unpaired) electrons. The van der Waals surface area contributed by atoms with Crippen LogP contribution in [0, 0.1) is 5.92 Å². The van der Waals surface area contributed by atoms with Crippen LogP contribution in [0.25, 0.3) is 0 Å². The maximum absolute atomic E-state index is 13.1. The largest absolute Gasteiger partial charge is 0.433 e. The van der Waals surface area contributed by atoms with Gasteiger partial charge in [-0.05, 0) is 56.9 Å². The van der Waals surface area contributed by atoms with E-state index in [4.69, 9.17) is 5.73 Å². The number of aromatic nitrogens is 1. The molecule has 0 bridgehead atoms. The number of carbonyl (C=O) groups is 1. The molecule has 1 aromatic heterocycles. The first kappa shape index (κ1) is 24.7. The lowest BCUT2D eigenvalue weighted by molar-refractivity contribution is -0.141. The number of aliphatic hydroxyl groups excluding tert-OH is 1. The molecule has 2 aliphatic rings. The maximum Gasteiger partial charge on any atom is 0.433 e. The van der Waals surface area contributed by atoms with Crippen molar-refractivity contribution < 1.29 is 23.1 Å². The van der Waals surface area contributed by atoms with E-state index < -0.39 is 11.9 Å². The lowest BCUT2D eigenvalue weighted by Crippen LogP contribution is -2.43. The topological polar surface area (TPSA) is 91.8 Å². The molecule has 6 nitrogen and oxygen atoms in total. The number of amidine groups is 1. The Kier molecular flexibility index (Phi) is 7.00. The highest BCUT2D eigenvalue weighted by atomic mass is 79.9. The quantitative estimate of drug-likeness (QED) is 0.422. The fraction of sp³-hybridized carbons (Fsp3) is 0.458. The van der Waals surface area contributed by atoms with Crippen molar-refractivity contribution in [2.24, 2.45) is 16.6 Å². The summed E-state index contributed by atoms with van der Waals surface area (Å²) in [6, 6.07) is 7.87. The van der Waals surface area contributed by atoms with Crippen molar-refractivity contribution in [2.45, 2.75) is 57.3 Å². The SMILES string of the molecule is CC1CC(C(=O)N=C(N)c2ccc(C(F)(F)F)nc2C2CC2)CCN1c1cc(Br)ccc1CO. The van der Waals surface area contributed by atoms with Gasteiger partial charge in [-0.15, -0.1) is 0 Å². The summed E-state index contributed by atoms with van der Waals surface area (Å²) in [5.74, 6) is -0.892. The first-order valence-electron chi connectivity index (χ1n) is 11.2. The molecule has 3 N–H and O–H groups in total. The Hall–Kier alpha value is -2.46. The molecule has 34 heavy (non-hydrogen) atoms. The van der Waals surface area contributed by atoms with E-state index in [1.54, 1.807) is 0 Å². The minimum Gasteiger partial charge on any atom is -0.392 e. The first-order chi connectivity index (χ1) is 16.1. The Labute approximate surface area is 204 Å². The predicted octanol–water partition coefficient (Wildman–Crippen LogP) is 4.77. The van der Waals surface area contributed by atoms with Crippen molar-refractivity contribution in [3.8, 4) is 0 Å². The van der Waals surface area contributed by atoms with E-state index in [9.17, 15) is 23.1 Å². The Balaban J connectivity index is 1.51. The number of benzene rings is 1. The number of nitrogens with zero attached hydrogens (tertiary/aromatic N) is 3. The van der Waals surface area contributed by atoms with Gasteiger partial charge in [-0.25, -0.2) is 4.98 Å². The predicted molar refractivity (Wildman–Crippen MR) is 127 cm³/mol. The van der Waals surface area contributed by atoms with Crippen molar-refractivity contribution in [3.63, 3.8) is 0 Å². The summed E-state index contributed by atoms with van der Waals surface area (Å²) < 4.78 is 40.2. The van der Waals surface area contributed by atoms with Crippen molar-refractivity contribution >= 4 is 33.4 Å². The van der Waals surface area contributed by atoms with Gasteiger partial charge >= 0.3 is 6.18 Å². The van der Waals surface area contributed by atoms with Crippen molar-refractivity contribution in [1.82, 2.24) is 4.98 Å². The molecule has 1 aromatic carbocycles. The highest BCUT2D eigenvalue weighted by Gasteiger charge is 2.37. The molecule has 1 saturated carbocycles. The Bertz CT molecular complexity index is 1120. The molecule has 2 aromatic rings. The molecule has 1 saturated heterocycles. The zero-order valence-corrected chi connectivity index (χ0v) is 20.2. The summed E-state index contributed by atoms with van der Waals surface area (Å²) in [7, 11) is 0. The number of carbonyl (C=O) groups excluding carboxylic acids is 1. The van der Waals surface area contributed by atoms with E-state index in [-0.39, 0.29) is 41.9 Å². The summed E-state index contributed by atoms with van der Waals surface area (Å²) in [4.78, 5) is 23.0. The third-order valence-electron chi connectivity index (χ3n) is 6.44. The fourth-order valence-electron chi connectivity index (χ4n) is 4.48. The molecule has 0 spiro atoms. The minimum atomic E-state index is -4.54. The van der Waals surface area contributed by atoms with Crippen LogP contribution in [0.4, 0.5) is 18.9 Å². The molecular weight excluding hydrogens is 513 g/mol. The third-order valence-corrected chi connectivity index (χ3v) is 6.93. The Morgan fingerprint density at radius 1 is 1.26 bits per heavy atom. The number of alkyl halides is 3. The van der Waals surface area contributed by atoms with Crippen LogP contribution < -0.4 is 10.6 Å². The highest BCUT2D eigenvalue weighted by molar-refractivity contribution is 9.10. The summed E-state index contributed by atoms with van der Waals surface area (Å²) in [5, 5.41) is 9.71. The summed E-state index contributed by atoms with van der Waals surface area (Å²) >= 11 is 3.47. The lowest BCUT2D eigenvalue weighted by Gasteiger charge is -2.39. The van der Waals surface area contributed by atoms with E-state index in [1.165, 1.54) is 6.07 Å². The summed E-state index contributed by atoms with van der Waals surface area (Å²) in [5.41, 5.74) is 7.43. The monoisotopic (exact) mass is 538 g/mol. The second-order valence-electron chi connectivity index (χ2n) is 8.93. The van der Waals surface area contributed by atoms with E-state index in [1.807, 2.05) is 25.1 Å². The van der Waals surface area contributed by atoms with Crippen molar-refractivity contribution in [1.29, 1.82) is 0 Å². The molecule has 2 fully saturated rings. The standard InChI is InChI=1S/C24H26BrF3N4O2/c1-13-10-15(8-9-32(13)19-11-17(25)5-4-16(19)12-33)23(34)31-22(29)18-6-7-20(24(26,27)28)30-21(18)14-2-3-14/h4-7,11,13-15,33H,2-3,8-10,12H2,1H3,(H2,29,31,34). The van der Waals surface area contributed by atoms with Gasteiger partial charge < -0.3 is 15.7 Å². The number of rotatable bonds is 5. The molecule has 2 heterocycles. The van der Waals surface area contributed by atoms with Gasteiger partial charge in [-0.3, -0.25) is 4.79 Å². The normalized spacial score (nSPS) is 21.6. The van der Waals surface area contributed by atoms with Crippen LogP contribution in [0.2, 0.25) is 0 Å². The van der Waals surface area contributed by atoms with Crippen LogP contribution in [0.15, 0.2) is 39.8 Å². The zero-order chi connectivity index (χ0) is 24.6. The number of hydrogen-bond donors (Lipinski definition) is 2. The second kappa shape index (κ2) is 9.65. The van der Waals surface area contributed by atoms with Gasteiger partial charge in [0.05, 0.1) is 12.3 Å². The van der Waals surface area contributed by atoms with E-state index in [2.05, 4.69) is 30.8 Å². The molecule has 4 rings (SSSR count). The van der Waals surface area contributed by atoms with Crippen LogP contribution in [-0.2, 0) is 17.6 Å². The number of amides is 1. The smallest absolute Gasteiger partial charge is 0.392 e. The number of piperidine rings is 1. The fourth-order valence-corrected chi connectivity index (χ4v) is 4.83. The molecule has 2 atom stereocenters. The Morgan fingerprint density at radius 2 is 2.00 bits per heavy atom. The van der Waals surface area contributed by atoms with Crippen molar-refractivity contribution in [3.05, 3.63) is 57.3 Å². The number of hydrogen-bond acceptors (Lipinski definition) is 4. The summed E-state index contributed by atoms with van der Waals surface area (Å²) in [6.45, 7) is 2.53. The molecule has 182 valence electrons. The third kappa shape index (κ3) is 5.27. The van der Waals surface area contributed by atoms with Crippen LogP contribution in [-0.4, -0.2) is 34.4 Å². The summed E-state index contributed by atoms with van der Waals surface area (Å²) in [6.07, 6.45) is -1.96. The molecule has 2 unspecified atom stereocenters. The van der Waals surface area contributed by atoms with Gasteiger partial charge in [0, 0.05) is 45.7 Å². The second-order valence-corrected chi connectivity index (χ2v) is 9.85. The molecule has 1 amide bonds. The van der Waals surface area contributed by atoms with E-state index >= 15 is 0 Å². The molecular formula is C24H26BrF3N4O2. The number of nitrogens with two attached hydrogens (primary N) is 1. The zero-order valence-electron chi connectivity index (χ0n) is 18.6. The minimum absolute atomic E-state index is 0.0217. The van der Waals surface area contributed by atoms with Crippen molar-refractivity contribution in [2.75, 3.05) is 11.4 Å². The highest BCUT2D eigenvalue weighted by Crippen LogP contribution is 2.42.